The van der Waals surface area contributed by atoms with Gasteiger partial charge in [-0.2, -0.15) is 0 Å². The standard InChI is InChI=1S/C19H30N2O/c1-3-13-21(18(4-2)15-9-6-5-7-10-15)19(22)14-16-11-8-12-17(16)20/h5-7,9-10,16-18H,3-4,8,11-14,20H2,1-2H3/t16-,17+,18?/m0/s1. The minimum absolute atomic E-state index is 0.186. The molecule has 0 aliphatic heterocycles. The molecule has 0 aromatic heterocycles. The summed E-state index contributed by atoms with van der Waals surface area (Å²) < 4.78 is 0. The number of carbonyl (C=O) groups is 1. The molecule has 1 aliphatic carbocycles. The number of nitrogens with two attached hydrogens (primary N) is 1. The van der Waals surface area contributed by atoms with Gasteiger partial charge in [0.2, 0.25) is 5.91 Å². The maximum absolute atomic E-state index is 12.9. The number of amides is 1. The Bertz CT molecular complexity index is 460. The normalized spacial score (nSPS) is 22.5. The van der Waals surface area contributed by atoms with E-state index in [-0.39, 0.29) is 18.0 Å². The zero-order valence-electron chi connectivity index (χ0n) is 14.0. The van der Waals surface area contributed by atoms with Gasteiger partial charge in [-0.25, -0.2) is 0 Å². The van der Waals surface area contributed by atoms with Crippen LogP contribution in [0, 0.1) is 5.92 Å². The molecule has 1 fully saturated rings. The van der Waals surface area contributed by atoms with Crippen LogP contribution in [0.15, 0.2) is 30.3 Å². The highest BCUT2D eigenvalue weighted by molar-refractivity contribution is 5.77. The predicted molar refractivity (Wildman–Crippen MR) is 91.4 cm³/mol. The Morgan fingerprint density at radius 1 is 1.27 bits per heavy atom. The third-order valence-electron chi connectivity index (χ3n) is 4.89. The number of hydrogen-bond donors (Lipinski definition) is 1. The van der Waals surface area contributed by atoms with Crippen molar-refractivity contribution in [1.82, 2.24) is 4.90 Å². The van der Waals surface area contributed by atoms with Crippen molar-refractivity contribution >= 4 is 5.91 Å². The van der Waals surface area contributed by atoms with Crippen LogP contribution in [-0.4, -0.2) is 23.4 Å². The number of benzene rings is 1. The summed E-state index contributed by atoms with van der Waals surface area (Å²) in [5.41, 5.74) is 7.39. The molecule has 0 bridgehead atoms. The van der Waals surface area contributed by atoms with Gasteiger partial charge in [-0.05, 0) is 37.2 Å². The fraction of sp³-hybridized carbons (Fsp3) is 0.632. The molecular weight excluding hydrogens is 272 g/mol. The monoisotopic (exact) mass is 302 g/mol. The number of rotatable bonds is 7. The fourth-order valence-corrected chi connectivity index (χ4v) is 3.67. The average molecular weight is 302 g/mol. The van der Waals surface area contributed by atoms with Gasteiger partial charge >= 0.3 is 0 Å². The van der Waals surface area contributed by atoms with E-state index in [4.69, 9.17) is 5.73 Å². The van der Waals surface area contributed by atoms with Gasteiger partial charge in [0.1, 0.15) is 0 Å². The third kappa shape index (κ3) is 4.10. The summed E-state index contributed by atoms with van der Waals surface area (Å²) in [6.07, 6.45) is 5.90. The SMILES string of the molecule is CCCN(C(=O)C[C@@H]1CCC[C@H]1N)C(CC)c1ccccc1. The van der Waals surface area contributed by atoms with Gasteiger partial charge in [0.05, 0.1) is 6.04 Å². The van der Waals surface area contributed by atoms with Gasteiger partial charge in [-0.3, -0.25) is 4.79 Å². The van der Waals surface area contributed by atoms with Crippen molar-refractivity contribution in [2.24, 2.45) is 11.7 Å². The van der Waals surface area contributed by atoms with Crippen molar-refractivity contribution in [3.05, 3.63) is 35.9 Å². The second-order valence-corrected chi connectivity index (χ2v) is 6.48. The van der Waals surface area contributed by atoms with Crippen molar-refractivity contribution < 1.29 is 4.79 Å². The van der Waals surface area contributed by atoms with Crippen molar-refractivity contribution in [3.63, 3.8) is 0 Å². The molecule has 0 spiro atoms. The molecule has 0 heterocycles. The van der Waals surface area contributed by atoms with E-state index in [2.05, 4.69) is 43.0 Å². The number of nitrogens with zero attached hydrogens (tertiary/aromatic N) is 1. The van der Waals surface area contributed by atoms with Gasteiger partial charge in [0, 0.05) is 19.0 Å². The Kier molecular flexibility index (Phi) is 6.44. The van der Waals surface area contributed by atoms with Gasteiger partial charge in [-0.15, -0.1) is 0 Å². The van der Waals surface area contributed by atoms with Crippen LogP contribution in [0.2, 0.25) is 0 Å². The van der Waals surface area contributed by atoms with E-state index in [0.717, 1.165) is 32.2 Å². The van der Waals surface area contributed by atoms with Crippen LogP contribution < -0.4 is 5.73 Å². The van der Waals surface area contributed by atoms with Crippen LogP contribution in [0.4, 0.5) is 0 Å². The van der Waals surface area contributed by atoms with Gasteiger partial charge in [-0.1, -0.05) is 50.6 Å². The summed E-state index contributed by atoms with van der Waals surface area (Å²) in [4.78, 5) is 15.0. The van der Waals surface area contributed by atoms with Crippen molar-refractivity contribution in [3.8, 4) is 0 Å². The summed E-state index contributed by atoms with van der Waals surface area (Å²) in [5.74, 6) is 0.653. The molecule has 122 valence electrons. The van der Waals surface area contributed by atoms with E-state index in [9.17, 15) is 4.79 Å². The lowest BCUT2D eigenvalue weighted by Crippen LogP contribution is -2.38. The molecule has 1 aliphatic rings. The molecule has 22 heavy (non-hydrogen) atoms. The fourth-order valence-electron chi connectivity index (χ4n) is 3.67. The first-order valence-corrected chi connectivity index (χ1v) is 8.77. The Labute approximate surface area is 134 Å². The lowest BCUT2D eigenvalue weighted by molar-refractivity contribution is -0.135. The third-order valence-corrected chi connectivity index (χ3v) is 4.89. The first-order valence-electron chi connectivity index (χ1n) is 8.77. The van der Waals surface area contributed by atoms with Crippen LogP contribution in [0.1, 0.15) is 64.0 Å². The predicted octanol–water partition coefficient (Wildman–Crippen LogP) is 3.89. The van der Waals surface area contributed by atoms with Crippen molar-refractivity contribution in [1.29, 1.82) is 0 Å². The molecule has 3 nitrogen and oxygen atoms in total. The maximum atomic E-state index is 12.9. The smallest absolute Gasteiger partial charge is 0.223 e. The summed E-state index contributed by atoms with van der Waals surface area (Å²) in [6.45, 7) is 5.13. The second-order valence-electron chi connectivity index (χ2n) is 6.48. The van der Waals surface area contributed by atoms with E-state index >= 15 is 0 Å². The van der Waals surface area contributed by atoms with E-state index in [1.54, 1.807) is 0 Å². The highest BCUT2D eigenvalue weighted by Gasteiger charge is 2.30. The number of carbonyl (C=O) groups excluding carboxylic acids is 1. The van der Waals surface area contributed by atoms with E-state index in [1.807, 2.05) is 6.07 Å². The van der Waals surface area contributed by atoms with E-state index in [0.29, 0.717) is 12.3 Å². The minimum atomic E-state index is 0.186. The van der Waals surface area contributed by atoms with Crippen LogP contribution >= 0.6 is 0 Å². The first-order chi connectivity index (χ1) is 10.7. The summed E-state index contributed by atoms with van der Waals surface area (Å²) in [6, 6.07) is 10.8. The van der Waals surface area contributed by atoms with Gasteiger partial charge in [0.25, 0.3) is 0 Å². The van der Waals surface area contributed by atoms with E-state index < -0.39 is 0 Å². The molecule has 2 N–H and O–H groups in total. The lowest BCUT2D eigenvalue weighted by atomic mass is 9.97. The second kappa shape index (κ2) is 8.33. The molecule has 0 radical (unpaired) electrons. The molecule has 1 aromatic rings. The number of hydrogen-bond acceptors (Lipinski definition) is 2. The Balaban J connectivity index is 2.11. The topological polar surface area (TPSA) is 46.3 Å². The molecule has 1 aromatic carbocycles. The van der Waals surface area contributed by atoms with E-state index in [1.165, 1.54) is 12.0 Å². The Morgan fingerprint density at radius 3 is 2.55 bits per heavy atom. The molecule has 0 saturated heterocycles. The van der Waals surface area contributed by atoms with Crippen LogP contribution in [-0.2, 0) is 4.79 Å². The molecule has 3 atom stereocenters. The van der Waals surface area contributed by atoms with Gasteiger partial charge < -0.3 is 10.6 Å². The molecule has 3 heteroatoms. The molecule has 1 saturated carbocycles. The molecule has 2 rings (SSSR count). The largest absolute Gasteiger partial charge is 0.336 e. The summed E-state index contributed by atoms with van der Waals surface area (Å²) in [7, 11) is 0. The lowest BCUT2D eigenvalue weighted by Gasteiger charge is -2.33. The Morgan fingerprint density at radius 2 is 2.00 bits per heavy atom. The van der Waals surface area contributed by atoms with Crippen LogP contribution in [0.25, 0.3) is 0 Å². The van der Waals surface area contributed by atoms with Crippen LogP contribution in [0.5, 0.6) is 0 Å². The molecule has 1 amide bonds. The quantitative estimate of drug-likeness (QED) is 0.830. The Hall–Kier alpha value is -1.35. The summed E-state index contributed by atoms with van der Waals surface area (Å²) >= 11 is 0. The molecular formula is C19H30N2O. The zero-order chi connectivity index (χ0) is 15.9. The zero-order valence-corrected chi connectivity index (χ0v) is 14.0. The van der Waals surface area contributed by atoms with Crippen molar-refractivity contribution in [2.45, 2.75) is 64.5 Å². The van der Waals surface area contributed by atoms with Crippen LogP contribution in [0.3, 0.4) is 0 Å². The summed E-state index contributed by atoms with van der Waals surface area (Å²) in [5, 5.41) is 0. The van der Waals surface area contributed by atoms with Crippen molar-refractivity contribution in [2.75, 3.05) is 6.54 Å². The van der Waals surface area contributed by atoms with Gasteiger partial charge in [0.15, 0.2) is 0 Å². The minimum Gasteiger partial charge on any atom is -0.336 e. The highest BCUT2D eigenvalue weighted by Crippen LogP contribution is 2.30. The highest BCUT2D eigenvalue weighted by atomic mass is 16.2. The average Bonchev–Trinajstić information content (AvgIpc) is 2.93. The maximum Gasteiger partial charge on any atom is 0.223 e. The molecule has 1 unspecified atom stereocenters. The first kappa shape index (κ1) is 17.0.